The zero-order valence-electron chi connectivity index (χ0n) is 12.5. The van der Waals surface area contributed by atoms with Crippen LogP contribution in [-0.4, -0.2) is 41.4 Å². The van der Waals surface area contributed by atoms with E-state index in [4.69, 9.17) is 0 Å². The van der Waals surface area contributed by atoms with Crippen molar-refractivity contribution in [3.8, 4) is 0 Å². The maximum absolute atomic E-state index is 4.47. The maximum Gasteiger partial charge on any atom is 0.215 e. The standard InChI is InChI=1S/C14H11N7S3/c1-22-14-17-11-10(23-14)12(16-8-15-11)24-13-18-19-20-21(13)7-9-5-3-2-4-6-9/h2-6,8H,7H2,1H3. The molecule has 0 fully saturated rings. The van der Waals surface area contributed by atoms with E-state index in [1.807, 2.05) is 36.6 Å². The van der Waals surface area contributed by atoms with E-state index in [9.17, 15) is 0 Å². The molecule has 4 aromatic rings. The Bertz CT molecular complexity index is 967. The second-order valence-electron chi connectivity index (χ2n) is 4.72. The van der Waals surface area contributed by atoms with Gasteiger partial charge in [-0.05, 0) is 34.0 Å². The number of fused-ring (bicyclic) bond motifs is 1. The number of hydrogen-bond acceptors (Lipinski definition) is 9. The van der Waals surface area contributed by atoms with E-state index in [2.05, 4.69) is 30.5 Å². The number of hydrogen-bond donors (Lipinski definition) is 0. The summed E-state index contributed by atoms with van der Waals surface area (Å²) in [5, 5.41) is 13.5. The molecule has 0 radical (unpaired) electrons. The van der Waals surface area contributed by atoms with Gasteiger partial charge in [-0.3, -0.25) is 0 Å². The molecule has 0 saturated heterocycles. The summed E-state index contributed by atoms with van der Waals surface area (Å²) in [7, 11) is 0. The first-order chi connectivity index (χ1) is 11.8. The molecule has 1 aromatic carbocycles. The largest absolute Gasteiger partial charge is 0.228 e. The molecular weight excluding hydrogens is 362 g/mol. The van der Waals surface area contributed by atoms with Crippen molar-refractivity contribution >= 4 is 45.2 Å². The Hall–Kier alpha value is -2.04. The number of benzene rings is 1. The van der Waals surface area contributed by atoms with Crippen molar-refractivity contribution in [2.45, 2.75) is 21.1 Å². The van der Waals surface area contributed by atoms with Gasteiger partial charge in [0.2, 0.25) is 5.16 Å². The molecule has 120 valence electrons. The van der Waals surface area contributed by atoms with Crippen LogP contribution >= 0.6 is 34.9 Å². The molecular formula is C14H11N7S3. The molecule has 0 aliphatic carbocycles. The molecule has 0 aliphatic heterocycles. The third-order valence-electron chi connectivity index (χ3n) is 3.18. The van der Waals surface area contributed by atoms with Gasteiger partial charge in [0, 0.05) is 0 Å². The van der Waals surface area contributed by atoms with Crippen LogP contribution in [0.4, 0.5) is 0 Å². The number of nitrogens with zero attached hydrogens (tertiary/aromatic N) is 7. The number of aromatic nitrogens is 7. The summed E-state index contributed by atoms with van der Waals surface area (Å²) in [4.78, 5) is 13.1. The molecule has 4 rings (SSSR count). The highest BCUT2D eigenvalue weighted by molar-refractivity contribution is 8.00. The molecule has 3 heterocycles. The molecule has 0 bridgehead atoms. The molecule has 0 saturated carbocycles. The monoisotopic (exact) mass is 373 g/mol. The van der Waals surface area contributed by atoms with Crippen molar-refractivity contribution in [1.29, 1.82) is 0 Å². The lowest BCUT2D eigenvalue weighted by Crippen LogP contribution is -2.03. The van der Waals surface area contributed by atoms with Crippen LogP contribution in [0, 0.1) is 0 Å². The number of rotatable bonds is 5. The lowest BCUT2D eigenvalue weighted by atomic mass is 10.2. The van der Waals surface area contributed by atoms with Gasteiger partial charge in [0.05, 0.1) is 6.54 Å². The first kappa shape index (κ1) is 15.5. The van der Waals surface area contributed by atoms with Gasteiger partial charge in [0.15, 0.2) is 9.99 Å². The van der Waals surface area contributed by atoms with Gasteiger partial charge in [0.1, 0.15) is 16.1 Å². The van der Waals surface area contributed by atoms with E-state index in [-0.39, 0.29) is 0 Å². The summed E-state index contributed by atoms with van der Waals surface area (Å²) in [5.41, 5.74) is 1.85. The Labute approximate surface area is 149 Å². The van der Waals surface area contributed by atoms with E-state index in [0.717, 1.165) is 19.6 Å². The van der Waals surface area contributed by atoms with Crippen LogP contribution < -0.4 is 0 Å². The van der Waals surface area contributed by atoms with Crippen molar-refractivity contribution in [2.24, 2.45) is 0 Å². The van der Waals surface area contributed by atoms with Gasteiger partial charge in [-0.2, -0.15) is 0 Å². The zero-order valence-corrected chi connectivity index (χ0v) is 15.0. The second kappa shape index (κ2) is 6.83. The minimum absolute atomic E-state index is 0.614. The molecule has 24 heavy (non-hydrogen) atoms. The van der Waals surface area contributed by atoms with Crippen molar-refractivity contribution in [3.05, 3.63) is 42.2 Å². The van der Waals surface area contributed by atoms with Crippen LogP contribution in [-0.2, 0) is 6.54 Å². The topological polar surface area (TPSA) is 82.3 Å². The summed E-state index contributed by atoms with van der Waals surface area (Å²) in [6.07, 6.45) is 3.53. The SMILES string of the molecule is CSc1nc2ncnc(Sc3nnnn3Cc3ccccc3)c2s1. The Morgan fingerprint density at radius 1 is 1.17 bits per heavy atom. The van der Waals surface area contributed by atoms with Crippen LogP contribution in [0.5, 0.6) is 0 Å². The lowest BCUT2D eigenvalue weighted by Gasteiger charge is -2.04. The minimum atomic E-state index is 0.614. The van der Waals surface area contributed by atoms with Crippen LogP contribution in [0.1, 0.15) is 5.56 Å². The van der Waals surface area contributed by atoms with Gasteiger partial charge in [-0.25, -0.2) is 19.6 Å². The van der Waals surface area contributed by atoms with Crippen molar-refractivity contribution in [2.75, 3.05) is 6.26 Å². The van der Waals surface area contributed by atoms with Gasteiger partial charge in [-0.1, -0.05) is 42.1 Å². The van der Waals surface area contributed by atoms with Gasteiger partial charge in [0.25, 0.3) is 0 Å². The lowest BCUT2D eigenvalue weighted by molar-refractivity contribution is 0.602. The maximum atomic E-state index is 4.47. The molecule has 7 nitrogen and oxygen atoms in total. The predicted molar refractivity (Wildman–Crippen MR) is 94.5 cm³/mol. The Morgan fingerprint density at radius 3 is 2.88 bits per heavy atom. The van der Waals surface area contributed by atoms with Crippen LogP contribution in [0.2, 0.25) is 0 Å². The van der Waals surface area contributed by atoms with Crippen LogP contribution in [0.25, 0.3) is 10.3 Å². The first-order valence-corrected chi connectivity index (χ1v) is 9.83. The Morgan fingerprint density at radius 2 is 2.04 bits per heavy atom. The normalized spacial score (nSPS) is 11.2. The summed E-state index contributed by atoms with van der Waals surface area (Å²) in [6, 6.07) is 10.1. The zero-order chi connectivity index (χ0) is 16.4. The highest BCUT2D eigenvalue weighted by Gasteiger charge is 2.15. The van der Waals surface area contributed by atoms with Crippen molar-refractivity contribution in [3.63, 3.8) is 0 Å². The minimum Gasteiger partial charge on any atom is -0.228 e. The summed E-state index contributed by atoms with van der Waals surface area (Å²) < 4.78 is 3.70. The predicted octanol–water partition coefficient (Wildman–Crippen LogP) is 2.99. The number of thiazole rings is 1. The molecule has 3 aromatic heterocycles. The summed E-state index contributed by atoms with van der Waals surface area (Å²) >= 11 is 4.62. The van der Waals surface area contributed by atoms with Gasteiger partial charge >= 0.3 is 0 Å². The highest BCUT2D eigenvalue weighted by Crippen LogP contribution is 2.35. The van der Waals surface area contributed by atoms with E-state index < -0.39 is 0 Å². The summed E-state index contributed by atoms with van der Waals surface area (Å²) in [5.74, 6) is 0. The molecule has 0 amide bonds. The second-order valence-corrected chi connectivity index (χ2v) is 7.73. The third-order valence-corrected chi connectivity index (χ3v) is 6.32. The smallest absolute Gasteiger partial charge is 0.215 e. The van der Waals surface area contributed by atoms with E-state index in [0.29, 0.717) is 17.3 Å². The fourth-order valence-electron chi connectivity index (χ4n) is 2.09. The van der Waals surface area contributed by atoms with Crippen LogP contribution in [0.3, 0.4) is 0 Å². The highest BCUT2D eigenvalue weighted by atomic mass is 32.2. The number of thioether (sulfide) groups is 1. The molecule has 0 unspecified atom stereocenters. The Balaban J connectivity index is 1.65. The van der Waals surface area contributed by atoms with Crippen molar-refractivity contribution in [1.82, 2.24) is 35.2 Å². The van der Waals surface area contributed by atoms with Gasteiger partial charge in [-0.15, -0.1) is 16.4 Å². The molecule has 10 heteroatoms. The van der Waals surface area contributed by atoms with E-state index in [1.54, 1.807) is 27.8 Å². The quantitative estimate of drug-likeness (QED) is 0.390. The Kier molecular flexibility index (Phi) is 4.41. The fraction of sp³-hybridized carbons (Fsp3) is 0.143. The molecule has 0 aliphatic rings. The van der Waals surface area contributed by atoms with E-state index >= 15 is 0 Å². The van der Waals surface area contributed by atoms with Gasteiger partial charge < -0.3 is 0 Å². The number of tetrazole rings is 1. The van der Waals surface area contributed by atoms with E-state index in [1.165, 1.54) is 18.1 Å². The summed E-state index contributed by atoms with van der Waals surface area (Å²) in [6.45, 7) is 0.614. The van der Waals surface area contributed by atoms with Crippen LogP contribution in [0.15, 0.2) is 51.2 Å². The first-order valence-electron chi connectivity index (χ1n) is 6.97. The average molecular weight is 373 g/mol. The third kappa shape index (κ3) is 3.12. The van der Waals surface area contributed by atoms with Crippen molar-refractivity contribution < 1.29 is 0 Å². The fourth-order valence-corrected chi connectivity index (χ4v) is 4.47. The average Bonchev–Trinajstić information content (AvgIpc) is 3.23. The molecule has 0 atom stereocenters. The molecule has 0 spiro atoms. The molecule has 0 N–H and O–H groups in total.